The van der Waals surface area contributed by atoms with E-state index in [2.05, 4.69) is 40.8 Å². The normalized spacial score (nSPS) is 25.1. The minimum atomic E-state index is 0.407. The van der Waals surface area contributed by atoms with Crippen molar-refractivity contribution in [1.82, 2.24) is 19.8 Å². The number of ether oxygens (including phenoxy) is 1. The van der Waals surface area contributed by atoms with Crippen LogP contribution in [0, 0.1) is 5.92 Å². The predicted octanol–water partition coefficient (Wildman–Crippen LogP) is 1.82. The number of aryl methyl sites for hydroxylation is 1. The second kappa shape index (κ2) is 7.92. The molecule has 120 valence electrons. The van der Waals surface area contributed by atoms with E-state index in [1.165, 1.54) is 25.1 Å². The number of piperidine rings is 1. The van der Waals surface area contributed by atoms with E-state index in [-0.39, 0.29) is 0 Å². The maximum Gasteiger partial charge on any atom is 0.0946 e. The lowest BCUT2D eigenvalue weighted by molar-refractivity contribution is 0.0987. The van der Waals surface area contributed by atoms with Crippen LogP contribution in [0.25, 0.3) is 0 Å². The molecular formula is C16H30N4O. The van der Waals surface area contributed by atoms with Crippen LogP contribution in [0.2, 0.25) is 0 Å². The van der Waals surface area contributed by atoms with Crippen LogP contribution in [0.3, 0.4) is 0 Å². The first-order valence-corrected chi connectivity index (χ1v) is 8.11. The Morgan fingerprint density at radius 2 is 2.29 bits per heavy atom. The fourth-order valence-electron chi connectivity index (χ4n) is 3.30. The van der Waals surface area contributed by atoms with Gasteiger partial charge in [0.15, 0.2) is 0 Å². The SMILES string of the molecule is CCOC[C@H](C)NC[C@@H]1CCCN(C)[C@H]1c1cncn1C. The number of likely N-dealkylation sites (tertiary alicyclic amines) is 1. The number of nitrogens with one attached hydrogen (secondary N) is 1. The van der Waals surface area contributed by atoms with Gasteiger partial charge in [-0.1, -0.05) is 0 Å². The number of hydrogen-bond donors (Lipinski definition) is 1. The molecule has 0 amide bonds. The van der Waals surface area contributed by atoms with Crippen LogP contribution in [-0.4, -0.2) is 53.8 Å². The molecule has 5 heteroatoms. The number of aromatic nitrogens is 2. The van der Waals surface area contributed by atoms with Crippen LogP contribution in [0.15, 0.2) is 12.5 Å². The molecule has 1 N–H and O–H groups in total. The molecule has 1 aliphatic heterocycles. The minimum absolute atomic E-state index is 0.407. The highest BCUT2D eigenvalue weighted by atomic mass is 16.5. The first kappa shape index (κ1) is 16.5. The van der Waals surface area contributed by atoms with Crippen molar-refractivity contribution in [2.75, 3.05) is 33.4 Å². The Morgan fingerprint density at radius 1 is 1.48 bits per heavy atom. The van der Waals surface area contributed by atoms with Crippen LogP contribution in [0.1, 0.15) is 38.4 Å². The Morgan fingerprint density at radius 3 is 2.95 bits per heavy atom. The van der Waals surface area contributed by atoms with E-state index in [1.54, 1.807) is 0 Å². The van der Waals surface area contributed by atoms with Crippen LogP contribution in [-0.2, 0) is 11.8 Å². The van der Waals surface area contributed by atoms with Crippen LogP contribution >= 0.6 is 0 Å². The summed E-state index contributed by atoms with van der Waals surface area (Å²) >= 11 is 0. The molecule has 3 atom stereocenters. The lowest BCUT2D eigenvalue weighted by Crippen LogP contribution is -2.43. The summed E-state index contributed by atoms with van der Waals surface area (Å²) in [6, 6.07) is 0.863. The van der Waals surface area contributed by atoms with Crippen molar-refractivity contribution in [3.63, 3.8) is 0 Å². The predicted molar refractivity (Wildman–Crippen MR) is 85.3 cm³/mol. The van der Waals surface area contributed by atoms with Crippen molar-refractivity contribution in [2.45, 2.75) is 38.8 Å². The van der Waals surface area contributed by atoms with Gasteiger partial charge in [-0.05, 0) is 46.2 Å². The third-order valence-electron chi connectivity index (χ3n) is 4.46. The summed E-state index contributed by atoms with van der Waals surface area (Å²) in [5.74, 6) is 0.628. The van der Waals surface area contributed by atoms with Gasteiger partial charge in [0.2, 0.25) is 0 Å². The summed E-state index contributed by atoms with van der Waals surface area (Å²) in [7, 11) is 4.32. The molecule has 0 spiro atoms. The van der Waals surface area contributed by atoms with Gasteiger partial charge in [-0.15, -0.1) is 0 Å². The number of hydrogen-bond acceptors (Lipinski definition) is 4. The molecule has 1 aromatic heterocycles. The number of nitrogens with zero attached hydrogens (tertiary/aromatic N) is 3. The molecule has 0 bridgehead atoms. The van der Waals surface area contributed by atoms with Crippen molar-refractivity contribution in [2.24, 2.45) is 13.0 Å². The Kier molecular flexibility index (Phi) is 6.21. The van der Waals surface area contributed by atoms with Crippen LogP contribution in [0.5, 0.6) is 0 Å². The largest absolute Gasteiger partial charge is 0.380 e. The van der Waals surface area contributed by atoms with Gasteiger partial charge in [0, 0.05) is 32.4 Å². The van der Waals surface area contributed by atoms with Gasteiger partial charge in [-0.2, -0.15) is 0 Å². The van der Waals surface area contributed by atoms with E-state index >= 15 is 0 Å². The standard InChI is InChI=1S/C16H30N4O/c1-5-21-11-13(2)18-9-14-7-6-8-19(3)16(14)15-10-17-12-20(15)4/h10,12-14,16,18H,5-9,11H2,1-4H3/t13-,14-,16+/m0/s1. The Labute approximate surface area is 128 Å². The maximum atomic E-state index is 5.49. The Balaban J connectivity index is 1.97. The zero-order chi connectivity index (χ0) is 15.2. The van der Waals surface area contributed by atoms with Crippen molar-refractivity contribution in [3.05, 3.63) is 18.2 Å². The van der Waals surface area contributed by atoms with Gasteiger partial charge in [0.25, 0.3) is 0 Å². The third-order valence-corrected chi connectivity index (χ3v) is 4.46. The fraction of sp³-hybridized carbons (Fsp3) is 0.812. The van der Waals surface area contributed by atoms with Gasteiger partial charge in [0.05, 0.1) is 24.7 Å². The fourth-order valence-corrected chi connectivity index (χ4v) is 3.30. The molecular weight excluding hydrogens is 264 g/mol. The molecule has 0 radical (unpaired) electrons. The molecule has 21 heavy (non-hydrogen) atoms. The monoisotopic (exact) mass is 294 g/mol. The highest BCUT2D eigenvalue weighted by molar-refractivity contribution is 5.08. The second-order valence-electron chi connectivity index (χ2n) is 6.23. The van der Waals surface area contributed by atoms with Gasteiger partial charge in [-0.3, -0.25) is 4.90 Å². The lowest BCUT2D eigenvalue weighted by Gasteiger charge is -2.39. The zero-order valence-electron chi connectivity index (χ0n) is 13.9. The maximum absolute atomic E-state index is 5.49. The molecule has 2 rings (SSSR count). The average molecular weight is 294 g/mol. The first-order chi connectivity index (χ1) is 10.1. The summed E-state index contributed by atoms with van der Waals surface area (Å²) in [4.78, 5) is 6.77. The molecule has 1 aliphatic rings. The smallest absolute Gasteiger partial charge is 0.0946 e. The van der Waals surface area contributed by atoms with Crippen molar-refractivity contribution in [3.8, 4) is 0 Å². The molecule has 0 aliphatic carbocycles. The number of imidazole rings is 1. The second-order valence-corrected chi connectivity index (χ2v) is 6.23. The molecule has 2 heterocycles. The minimum Gasteiger partial charge on any atom is -0.380 e. The van der Waals surface area contributed by atoms with Gasteiger partial charge >= 0.3 is 0 Å². The van der Waals surface area contributed by atoms with E-state index in [0.717, 1.165) is 19.8 Å². The van der Waals surface area contributed by atoms with Gasteiger partial charge in [0.1, 0.15) is 0 Å². The van der Waals surface area contributed by atoms with E-state index in [9.17, 15) is 0 Å². The zero-order valence-corrected chi connectivity index (χ0v) is 13.9. The Bertz CT molecular complexity index is 420. The molecule has 0 unspecified atom stereocenters. The molecule has 1 fully saturated rings. The van der Waals surface area contributed by atoms with Gasteiger partial charge < -0.3 is 14.6 Å². The molecule has 5 nitrogen and oxygen atoms in total. The Hall–Kier alpha value is -0.910. The van der Waals surface area contributed by atoms with Crippen molar-refractivity contribution in [1.29, 1.82) is 0 Å². The molecule has 1 aromatic rings. The summed E-state index contributed by atoms with van der Waals surface area (Å²) in [6.45, 7) is 8.02. The molecule has 0 aromatic carbocycles. The summed E-state index contributed by atoms with van der Waals surface area (Å²) in [5.41, 5.74) is 1.32. The molecule has 1 saturated heterocycles. The van der Waals surface area contributed by atoms with Crippen molar-refractivity contribution >= 4 is 0 Å². The van der Waals surface area contributed by atoms with E-state index in [1.807, 2.05) is 19.4 Å². The summed E-state index contributed by atoms with van der Waals surface area (Å²) in [6.07, 6.45) is 6.47. The number of rotatable bonds is 7. The summed E-state index contributed by atoms with van der Waals surface area (Å²) in [5, 5.41) is 3.64. The average Bonchev–Trinajstić information content (AvgIpc) is 2.88. The van der Waals surface area contributed by atoms with E-state index < -0.39 is 0 Å². The van der Waals surface area contributed by atoms with Crippen molar-refractivity contribution < 1.29 is 4.74 Å². The van der Waals surface area contributed by atoms with Crippen LogP contribution in [0.4, 0.5) is 0 Å². The van der Waals surface area contributed by atoms with Gasteiger partial charge in [-0.25, -0.2) is 4.98 Å². The highest BCUT2D eigenvalue weighted by Gasteiger charge is 2.32. The third kappa shape index (κ3) is 4.28. The topological polar surface area (TPSA) is 42.3 Å². The summed E-state index contributed by atoms with van der Waals surface area (Å²) < 4.78 is 7.64. The quantitative estimate of drug-likeness (QED) is 0.833. The van der Waals surface area contributed by atoms with E-state index in [4.69, 9.17) is 4.74 Å². The highest BCUT2D eigenvalue weighted by Crippen LogP contribution is 2.34. The van der Waals surface area contributed by atoms with Crippen LogP contribution < -0.4 is 5.32 Å². The van der Waals surface area contributed by atoms with E-state index in [0.29, 0.717) is 18.0 Å². The first-order valence-electron chi connectivity index (χ1n) is 8.11. The lowest BCUT2D eigenvalue weighted by atomic mass is 9.87. The molecule has 0 saturated carbocycles.